The van der Waals surface area contributed by atoms with E-state index in [1.54, 1.807) is 11.1 Å². The molecule has 150 valence electrons. The molecule has 1 saturated carbocycles. The van der Waals surface area contributed by atoms with Gasteiger partial charge in [0.05, 0.1) is 0 Å². The van der Waals surface area contributed by atoms with Crippen LogP contribution >= 0.6 is 0 Å². The molecular formula is C26H36N2. The average molecular weight is 377 g/mol. The summed E-state index contributed by atoms with van der Waals surface area (Å²) >= 11 is 0. The maximum Gasteiger partial charge on any atom is 0.0214 e. The monoisotopic (exact) mass is 376 g/mol. The lowest BCUT2D eigenvalue weighted by molar-refractivity contribution is 0.126. The molecule has 0 radical (unpaired) electrons. The Morgan fingerprint density at radius 3 is 2.46 bits per heavy atom. The van der Waals surface area contributed by atoms with Crippen molar-refractivity contribution in [1.29, 1.82) is 0 Å². The van der Waals surface area contributed by atoms with E-state index in [1.165, 1.54) is 88.2 Å². The highest BCUT2D eigenvalue weighted by Crippen LogP contribution is 2.41. The highest BCUT2D eigenvalue weighted by atomic mass is 15.1. The van der Waals surface area contributed by atoms with Crippen LogP contribution in [0.2, 0.25) is 0 Å². The molecule has 0 unspecified atom stereocenters. The zero-order chi connectivity index (χ0) is 18.8. The second-order valence-electron chi connectivity index (χ2n) is 9.71. The molecule has 28 heavy (non-hydrogen) atoms. The molecule has 1 aliphatic carbocycles. The summed E-state index contributed by atoms with van der Waals surface area (Å²) in [4.78, 5) is 2.80. The number of piperidine rings is 1. The van der Waals surface area contributed by atoms with Gasteiger partial charge in [-0.2, -0.15) is 0 Å². The SMILES string of the molecule is c1ccc2c3c(ccc2c1)C1(CCN(CC2CCCCCCC2)CC1)CNC3. The summed E-state index contributed by atoms with van der Waals surface area (Å²) in [6, 6.07) is 13.8. The summed E-state index contributed by atoms with van der Waals surface area (Å²) in [6.07, 6.45) is 12.9. The van der Waals surface area contributed by atoms with Gasteiger partial charge in [0.2, 0.25) is 0 Å². The summed E-state index contributed by atoms with van der Waals surface area (Å²) in [7, 11) is 0. The highest BCUT2D eigenvalue weighted by Gasteiger charge is 2.40. The van der Waals surface area contributed by atoms with E-state index in [0.717, 1.165) is 19.0 Å². The van der Waals surface area contributed by atoms with E-state index in [4.69, 9.17) is 0 Å². The summed E-state index contributed by atoms with van der Waals surface area (Å²) in [5.41, 5.74) is 3.57. The first-order valence-corrected chi connectivity index (χ1v) is 11.8. The molecule has 0 aromatic heterocycles. The van der Waals surface area contributed by atoms with Crippen LogP contribution in [0.25, 0.3) is 10.8 Å². The molecule has 3 aliphatic rings. The van der Waals surface area contributed by atoms with Gasteiger partial charge in [-0.1, -0.05) is 68.5 Å². The van der Waals surface area contributed by atoms with Gasteiger partial charge in [-0.3, -0.25) is 0 Å². The number of hydrogen-bond donors (Lipinski definition) is 1. The molecule has 0 bridgehead atoms. The van der Waals surface area contributed by atoms with Crippen LogP contribution in [0, 0.1) is 5.92 Å². The van der Waals surface area contributed by atoms with E-state index < -0.39 is 0 Å². The van der Waals surface area contributed by atoms with Crippen LogP contribution in [0.15, 0.2) is 36.4 Å². The molecule has 2 heteroatoms. The third-order valence-electron chi connectivity index (χ3n) is 7.93. The molecule has 1 N–H and O–H groups in total. The van der Waals surface area contributed by atoms with Crippen LogP contribution in [0.4, 0.5) is 0 Å². The largest absolute Gasteiger partial charge is 0.312 e. The molecule has 2 fully saturated rings. The number of nitrogens with one attached hydrogen (secondary N) is 1. The highest BCUT2D eigenvalue weighted by molar-refractivity contribution is 5.87. The van der Waals surface area contributed by atoms with Gasteiger partial charge < -0.3 is 10.2 Å². The van der Waals surface area contributed by atoms with E-state index in [9.17, 15) is 0 Å². The van der Waals surface area contributed by atoms with Crippen LogP contribution in [0.5, 0.6) is 0 Å². The molecule has 5 rings (SSSR count). The zero-order valence-electron chi connectivity index (χ0n) is 17.4. The predicted octanol–water partition coefficient (Wildman–Crippen LogP) is 5.64. The Morgan fingerprint density at radius 1 is 0.893 bits per heavy atom. The Hall–Kier alpha value is -1.38. The van der Waals surface area contributed by atoms with Gasteiger partial charge in [0.25, 0.3) is 0 Å². The van der Waals surface area contributed by atoms with Crippen molar-refractivity contribution in [3.8, 4) is 0 Å². The quantitative estimate of drug-likeness (QED) is 0.730. The van der Waals surface area contributed by atoms with Crippen molar-refractivity contribution in [2.45, 2.75) is 69.7 Å². The van der Waals surface area contributed by atoms with Gasteiger partial charge in [0.1, 0.15) is 0 Å². The van der Waals surface area contributed by atoms with Crippen molar-refractivity contribution in [2.24, 2.45) is 5.92 Å². The Morgan fingerprint density at radius 2 is 1.64 bits per heavy atom. The van der Waals surface area contributed by atoms with Gasteiger partial charge in [-0.05, 0) is 66.6 Å². The van der Waals surface area contributed by atoms with Crippen molar-refractivity contribution in [2.75, 3.05) is 26.2 Å². The molecular weight excluding hydrogens is 340 g/mol. The molecule has 0 amide bonds. The van der Waals surface area contributed by atoms with Crippen LogP contribution in [0.1, 0.15) is 68.9 Å². The maximum atomic E-state index is 3.79. The number of fused-ring (bicyclic) bond motifs is 4. The Balaban J connectivity index is 1.30. The normalized spacial score (nSPS) is 24.0. The third-order valence-corrected chi connectivity index (χ3v) is 7.93. The molecule has 2 heterocycles. The smallest absolute Gasteiger partial charge is 0.0214 e. The summed E-state index contributed by atoms with van der Waals surface area (Å²) in [5.74, 6) is 0.954. The van der Waals surface area contributed by atoms with Crippen LogP contribution in [-0.4, -0.2) is 31.1 Å². The van der Waals surface area contributed by atoms with E-state index in [-0.39, 0.29) is 0 Å². The molecule has 2 aromatic carbocycles. The number of nitrogens with zero attached hydrogens (tertiary/aromatic N) is 1. The van der Waals surface area contributed by atoms with Gasteiger partial charge in [-0.25, -0.2) is 0 Å². The number of likely N-dealkylation sites (tertiary alicyclic amines) is 1. The fraction of sp³-hybridized carbons (Fsp3) is 0.615. The lowest BCUT2D eigenvalue weighted by atomic mass is 9.68. The number of rotatable bonds is 2. The maximum absolute atomic E-state index is 3.79. The lowest BCUT2D eigenvalue weighted by Crippen LogP contribution is -2.51. The first-order valence-electron chi connectivity index (χ1n) is 11.8. The minimum Gasteiger partial charge on any atom is -0.312 e. The minimum absolute atomic E-state index is 0.356. The van der Waals surface area contributed by atoms with Crippen molar-refractivity contribution >= 4 is 10.8 Å². The first kappa shape index (κ1) is 18.6. The van der Waals surface area contributed by atoms with E-state index in [1.807, 2.05) is 0 Å². The Bertz CT molecular complexity index is 795. The van der Waals surface area contributed by atoms with Gasteiger partial charge >= 0.3 is 0 Å². The standard InChI is InChI=1S/C26H36N2/c1-2-4-8-21(9-5-3-1)19-28-16-14-26(15-17-28)20-27-18-24-23-11-7-6-10-22(23)12-13-25(24)26/h6-7,10-13,21,27H,1-5,8-9,14-20H2. The lowest BCUT2D eigenvalue weighted by Gasteiger charge is -2.46. The number of hydrogen-bond acceptors (Lipinski definition) is 2. The van der Waals surface area contributed by atoms with E-state index >= 15 is 0 Å². The number of benzene rings is 2. The molecule has 0 atom stereocenters. The van der Waals surface area contributed by atoms with Crippen molar-refractivity contribution in [3.63, 3.8) is 0 Å². The van der Waals surface area contributed by atoms with E-state index in [0.29, 0.717) is 5.41 Å². The van der Waals surface area contributed by atoms with Crippen molar-refractivity contribution in [1.82, 2.24) is 10.2 Å². The van der Waals surface area contributed by atoms with E-state index in [2.05, 4.69) is 46.6 Å². The minimum atomic E-state index is 0.356. The Kier molecular flexibility index (Phi) is 5.43. The van der Waals surface area contributed by atoms with Gasteiger partial charge in [0.15, 0.2) is 0 Å². The average Bonchev–Trinajstić information content (AvgIpc) is 2.72. The Labute approximate surface area is 170 Å². The fourth-order valence-corrected chi connectivity index (χ4v) is 6.24. The van der Waals surface area contributed by atoms with Crippen molar-refractivity contribution in [3.05, 3.63) is 47.5 Å². The summed E-state index contributed by atoms with van der Waals surface area (Å²) in [5, 5.41) is 6.64. The van der Waals surface area contributed by atoms with Crippen molar-refractivity contribution < 1.29 is 0 Å². The van der Waals surface area contributed by atoms with Crippen LogP contribution in [0.3, 0.4) is 0 Å². The van der Waals surface area contributed by atoms with Gasteiger partial charge in [0, 0.05) is 25.0 Å². The second kappa shape index (κ2) is 8.16. The predicted molar refractivity (Wildman–Crippen MR) is 119 cm³/mol. The summed E-state index contributed by atoms with van der Waals surface area (Å²) < 4.78 is 0. The second-order valence-corrected chi connectivity index (χ2v) is 9.71. The fourth-order valence-electron chi connectivity index (χ4n) is 6.24. The molecule has 1 spiro atoms. The van der Waals surface area contributed by atoms with Gasteiger partial charge in [-0.15, -0.1) is 0 Å². The molecule has 1 saturated heterocycles. The third kappa shape index (κ3) is 3.62. The molecule has 2 nitrogen and oxygen atoms in total. The molecule has 2 aromatic rings. The summed E-state index contributed by atoms with van der Waals surface area (Å²) in [6.45, 7) is 6.11. The first-order chi connectivity index (χ1) is 13.8. The topological polar surface area (TPSA) is 15.3 Å². The van der Waals surface area contributed by atoms with Crippen LogP contribution < -0.4 is 5.32 Å². The molecule has 2 aliphatic heterocycles. The zero-order valence-corrected chi connectivity index (χ0v) is 17.4. The van der Waals surface area contributed by atoms with Crippen LogP contribution in [-0.2, 0) is 12.0 Å².